The molecule has 2 aliphatic rings. The molecule has 1 amide bonds. The maximum absolute atomic E-state index is 14.6. The van der Waals surface area contributed by atoms with Crippen molar-refractivity contribution < 1.29 is 13.9 Å². The van der Waals surface area contributed by atoms with Crippen LogP contribution in [0.25, 0.3) is 11.0 Å². The van der Waals surface area contributed by atoms with E-state index in [1.54, 1.807) is 13.2 Å². The van der Waals surface area contributed by atoms with Crippen LogP contribution in [-0.2, 0) is 17.8 Å². The summed E-state index contributed by atoms with van der Waals surface area (Å²) in [5, 5.41) is 6.44. The van der Waals surface area contributed by atoms with Gasteiger partial charge in [0.2, 0.25) is 11.8 Å². The Morgan fingerprint density at radius 1 is 1.24 bits per heavy atom. The lowest BCUT2D eigenvalue weighted by molar-refractivity contribution is -0.113. The topological polar surface area (TPSA) is 92.3 Å². The number of piperidine rings is 1. The van der Waals surface area contributed by atoms with Crippen LogP contribution in [0.15, 0.2) is 35.4 Å². The second-order valence-electron chi connectivity index (χ2n) is 8.54. The fourth-order valence-corrected chi connectivity index (χ4v) is 5.17. The number of ether oxygens (including phenoxy) is 1. The summed E-state index contributed by atoms with van der Waals surface area (Å²) in [6, 6.07) is 8.00. The second-order valence-corrected chi connectivity index (χ2v) is 9.56. The van der Waals surface area contributed by atoms with Crippen molar-refractivity contribution >= 4 is 34.5 Å². The molecule has 1 saturated heterocycles. The molecular weight excluding hydrogens is 455 g/mol. The molecule has 10 heteroatoms. The van der Waals surface area contributed by atoms with Crippen molar-refractivity contribution in [3.63, 3.8) is 0 Å². The molecule has 8 nitrogen and oxygen atoms in total. The number of hydrogen-bond acceptors (Lipinski definition) is 8. The second kappa shape index (κ2) is 10.2. The molecule has 0 aliphatic carbocycles. The first-order valence-electron chi connectivity index (χ1n) is 11.5. The van der Waals surface area contributed by atoms with E-state index in [1.165, 1.54) is 18.0 Å². The molecule has 34 heavy (non-hydrogen) atoms. The van der Waals surface area contributed by atoms with Crippen molar-refractivity contribution in [3.8, 4) is 5.88 Å². The molecule has 3 aromatic heterocycles. The van der Waals surface area contributed by atoms with Gasteiger partial charge in [0.15, 0.2) is 0 Å². The normalized spacial score (nSPS) is 16.9. The van der Waals surface area contributed by atoms with Gasteiger partial charge in [0.1, 0.15) is 11.6 Å². The van der Waals surface area contributed by atoms with E-state index < -0.39 is 0 Å². The first-order chi connectivity index (χ1) is 16.6. The van der Waals surface area contributed by atoms with Gasteiger partial charge in [0, 0.05) is 30.8 Å². The number of aromatic nitrogens is 3. The minimum Gasteiger partial charge on any atom is -0.481 e. The summed E-state index contributed by atoms with van der Waals surface area (Å²) in [4.78, 5) is 28.2. The lowest BCUT2D eigenvalue weighted by Gasteiger charge is -2.32. The molecule has 0 aromatic carbocycles. The number of carbonyl (C=O) groups is 1. The number of fused-ring (bicyclic) bond motifs is 2. The fraction of sp³-hybridized carbons (Fsp3) is 0.417. The summed E-state index contributed by atoms with van der Waals surface area (Å²) in [6.07, 6.45) is 3.89. The number of carbonyl (C=O) groups excluding carboxylic acids is 1. The monoisotopic (exact) mass is 482 g/mol. The minimum absolute atomic E-state index is 0.00274. The third-order valence-electron chi connectivity index (χ3n) is 6.32. The minimum atomic E-state index is -0.322. The largest absolute Gasteiger partial charge is 0.481 e. The zero-order valence-corrected chi connectivity index (χ0v) is 19.8. The summed E-state index contributed by atoms with van der Waals surface area (Å²) in [7, 11) is 1.55. The van der Waals surface area contributed by atoms with E-state index in [9.17, 15) is 9.18 Å². The van der Waals surface area contributed by atoms with E-state index in [0.29, 0.717) is 53.1 Å². The molecule has 1 fully saturated rings. The van der Waals surface area contributed by atoms with E-state index in [2.05, 4.69) is 30.5 Å². The summed E-state index contributed by atoms with van der Waals surface area (Å²) >= 11 is 1.52. The number of anilines is 1. The summed E-state index contributed by atoms with van der Waals surface area (Å²) in [5.41, 5.74) is 2.76. The van der Waals surface area contributed by atoms with Crippen LogP contribution in [0.5, 0.6) is 5.88 Å². The number of nitrogens with zero attached hydrogens (tertiary/aromatic N) is 4. The van der Waals surface area contributed by atoms with Gasteiger partial charge < -0.3 is 20.3 Å². The van der Waals surface area contributed by atoms with Gasteiger partial charge in [-0.3, -0.25) is 9.78 Å². The predicted molar refractivity (Wildman–Crippen MR) is 130 cm³/mol. The smallest absolute Gasteiger partial charge is 0.235 e. The van der Waals surface area contributed by atoms with Gasteiger partial charge in [-0.2, -0.15) is 0 Å². The molecule has 5 rings (SSSR count). The Kier molecular flexibility index (Phi) is 6.89. The van der Waals surface area contributed by atoms with Gasteiger partial charge in [-0.15, -0.1) is 11.8 Å². The number of likely N-dealkylation sites (tertiary alicyclic amines) is 1. The number of methoxy groups -OCH3 is 1. The maximum atomic E-state index is 14.6. The van der Waals surface area contributed by atoms with Gasteiger partial charge in [0.25, 0.3) is 0 Å². The fourth-order valence-electron chi connectivity index (χ4n) is 4.41. The Labute approximate surface area is 201 Å². The van der Waals surface area contributed by atoms with E-state index in [0.717, 1.165) is 43.1 Å². The molecule has 0 radical (unpaired) electrons. The number of rotatable bonds is 7. The first-order valence-corrected chi connectivity index (χ1v) is 12.4. The third kappa shape index (κ3) is 5.13. The summed E-state index contributed by atoms with van der Waals surface area (Å²) in [6.45, 7) is 3.33. The number of halogens is 1. The molecule has 0 unspecified atom stereocenters. The summed E-state index contributed by atoms with van der Waals surface area (Å²) in [5.74, 6) is 1.24. The molecule has 2 N–H and O–H groups in total. The maximum Gasteiger partial charge on any atom is 0.235 e. The van der Waals surface area contributed by atoms with Gasteiger partial charge >= 0.3 is 0 Å². The van der Waals surface area contributed by atoms with Crippen LogP contribution in [0.3, 0.4) is 0 Å². The first kappa shape index (κ1) is 22.9. The van der Waals surface area contributed by atoms with Gasteiger partial charge in [-0.25, -0.2) is 14.4 Å². The van der Waals surface area contributed by atoms with Crippen molar-refractivity contribution in [1.29, 1.82) is 0 Å². The molecule has 2 aliphatic heterocycles. The van der Waals surface area contributed by atoms with Crippen LogP contribution in [0.4, 0.5) is 10.2 Å². The van der Waals surface area contributed by atoms with Gasteiger partial charge in [-0.05, 0) is 50.6 Å². The lowest BCUT2D eigenvalue weighted by atomic mass is 10.0. The van der Waals surface area contributed by atoms with Crippen molar-refractivity contribution in [3.05, 3.63) is 47.5 Å². The highest BCUT2D eigenvalue weighted by molar-refractivity contribution is 8.00. The van der Waals surface area contributed by atoms with Crippen LogP contribution >= 0.6 is 11.8 Å². The van der Waals surface area contributed by atoms with E-state index in [4.69, 9.17) is 4.74 Å². The van der Waals surface area contributed by atoms with Crippen LogP contribution in [0.1, 0.15) is 24.1 Å². The number of nitrogens with one attached hydrogen (secondary N) is 2. The molecular formula is C24H27FN6O2S. The molecule has 0 spiro atoms. The highest BCUT2D eigenvalue weighted by Crippen LogP contribution is 2.29. The van der Waals surface area contributed by atoms with E-state index in [-0.39, 0.29) is 11.7 Å². The van der Waals surface area contributed by atoms with Crippen LogP contribution in [0, 0.1) is 5.82 Å². The quantitative estimate of drug-likeness (QED) is 0.531. The number of hydrogen-bond donors (Lipinski definition) is 2. The Morgan fingerprint density at radius 3 is 2.91 bits per heavy atom. The molecule has 5 heterocycles. The van der Waals surface area contributed by atoms with E-state index >= 15 is 0 Å². The molecule has 0 bridgehead atoms. The number of amides is 1. The molecule has 3 aromatic rings. The van der Waals surface area contributed by atoms with Crippen molar-refractivity contribution in [2.24, 2.45) is 0 Å². The Morgan fingerprint density at radius 2 is 2.09 bits per heavy atom. The molecule has 0 saturated carbocycles. The number of pyridine rings is 3. The van der Waals surface area contributed by atoms with Crippen LogP contribution in [0.2, 0.25) is 0 Å². The summed E-state index contributed by atoms with van der Waals surface area (Å²) < 4.78 is 19.8. The standard InChI is InChI=1S/C24H27FN6O2S/c1-33-22-5-3-19-23(30-22)17(18(25)13-27-19)8-11-31-9-6-15(7-10-31)26-12-16-2-4-20-24(28-16)29-21(32)14-34-20/h2-5,13,15,26H,6-12,14H2,1H3,(H,28,29,32). The van der Waals surface area contributed by atoms with Crippen molar-refractivity contribution in [1.82, 2.24) is 25.2 Å². The Balaban J connectivity index is 1.13. The molecule has 178 valence electrons. The SMILES string of the molecule is COc1ccc2ncc(F)c(CCN3CCC(NCc4ccc5c(n4)NC(=O)CS5)CC3)c2n1. The van der Waals surface area contributed by atoms with Gasteiger partial charge in [0.05, 0.1) is 40.7 Å². The average Bonchev–Trinajstić information content (AvgIpc) is 2.87. The van der Waals surface area contributed by atoms with Crippen molar-refractivity contribution in [2.45, 2.75) is 36.7 Å². The van der Waals surface area contributed by atoms with E-state index in [1.807, 2.05) is 18.2 Å². The van der Waals surface area contributed by atoms with Crippen LogP contribution < -0.4 is 15.4 Å². The van der Waals surface area contributed by atoms with Crippen molar-refractivity contribution in [2.75, 3.05) is 37.8 Å². The van der Waals surface area contributed by atoms with Gasteiger partial charge in [-0.1, -0.05) is 0 Å². The third-order valence-corrected chi connectivity index (χ3v) is 7.37. The van der Waals surface area contributed by atoms with Crippen LogP contribution in [-0.4, -0.2) is 64.3 Å². The highest BCUT2D eigenvalue weighted by Gasteiger charge is 2.21. The zero-order valence-electron chi connectivity index (χ0n) is 19.0. The average molecular weight is 483 g/mol. The predicted octanol–water partition coefficient (Wildman–Crippen LogP) is 3.01. The number of thioether (sulfide) groups is 1. The Bertz CT molecular complexity index is 1200. The Hall–Kier alpha value is -2.82. The lowest BCUT2D eigenvalue weighted by Crippen LogP contribution is -2.43. The zero-order chi connectivity index (χ0) is 23.5. The highest BCUT2D eigenvalue weighted by atomic mass is 32.2. The molecule has 0 atom stereocenters.